The fraction of sp³-hybridized carbons (Fsp3) is 0.700. The minimum Gasteiger partial charge on any atom is -1.00 e. The van der Waals surface area contributed by atoms with Crippen LogP contribution in [-0.4, -0.2) is 62.6 Å². The SMILES string of the molecule is C=CC(=O)NCOCC[N+](C)(C)CCO.[Cl-]. The molecule has 0 atom stereocenters. The lowest BCUT2D eigenvalue weighted by Crippen LogP contribution is -3.00. The van der Waals surface area contributed by atoms with Gasteiger partial charge in [0.25, 0.3) is 0 Å². The summed E-state index contributed by atoms with van der Waals surface area (Å²) in [5.74, 6) is -0.237. The minimum atomic E-state index is -0.237. The number of amides is 1. The number of hydrogen-bond acceptors (Lipinski definition) is 3. The highest BCUT2D eigenvalue weighted by molar-refractivity contribution is 5.86. The van der Waals surface area contributed by atoms with Crippen LogP contribution in [0.1, 0.15) is 0 Å². The molecule has 0 aliphatic carbocycles. The molecule has 0 aliphatic rings. The van der Waals surface area contributed by atoms with Gasteiger partial charge in [-0.05, 0) is 6.08 Å². The molecule has 0 fully saturated rings. The maximum atomic E-state index is 10.7. The van der Waals surface area contributed by atoms with Crippen molar-refractivity contribution in [2.75, 3.05) is 47.1 Å². The summed E-state index contributed by atoms with van der Waals surface area (Å²) >= 11 is 0. The van der Waals surface area contributed by atoms with Crippen molar-refractivity contribution < 1.29 is 31.5 Å². The zero-order valence-corrected chi connectivity index (χ0v) is 10.7. The van der Waals surface area contributed by atoms with Crippen molar-refractivity contribution >= 4 is 5.91 Å². The molecular formula is C10H21ClN2O3. The van der Waals surface area contributed by atoms with Gasteiger partial charge in [-0.1, -0.05) is 6.58 Å². The number of likely N-dealkylation sites (N-methyl/N-ethyl adjacent to an activating group) is 1. The van der Waals surface area contributed by atoms with Crippen LogP contribution in [0.25, 0.3) is 0 Å². The zero-order chi connectivity index (χ0) is 11.7. The Morgan fingerprint density at radius 1 is 1.50 bits per heavy atom. The Hall–Kier alpha value is -0.620. The van der Waals surface area contributed by atoms with Crippen LogP contribution in [0.5, 0.6) is 0 Å². The molecule has 5 nitrogen and oxygen atoms in total. The van der Waals surface area contributed by atoms with E-state index in [1.165, 1.54) is 6.08 Å². The molecule has 96 valence electrons. The van der Waals surface area contributed by atoms with Gasteiger partial charge >= 0.3 is 0 Å². The molecule has 0 saturated heterocycles. The summed E-state index contributed by atoms with van der Waals surface area (Å²) < 4.78 is 5.91. The first-order valence-corrected chi connectivity index (χ1v) is 4.93. The minimum absolute atomic E-state index is 0. The molecule has 0 spiro atoms. The Morgan fingerprint density at radius 2 is 2.12 bits per heavy atom. The van der Waals surface area contributed by atoms with E-state index >= 15 is 0 Å². The first kappa shape index (κ1) is 17.8. The quantitative estimate of drug-likeness (QED) is 0.203. The Kier molecular flexibility index (Phi) is 10.7. The van der Waals surface area contributed by atoms with Crippen molar-refractivity contribution in [3.63, 3.8) is 0 Å². The second kappa shape index (κ2) is 9.59. The van der Waals surface area contributed by atoms with Crippen LogP contribution in [0.15, 0.2) is 12.7 Å². The van der Waals surface area contributed by atoms with E-state index in [-0.39, 0.29) is 31.7 Å². The summed E-state index contributed by atoms with van der Waals surface area (Å²) in [5.41, 5.74) is 0. The zero-order valence-electron chi connectivity index (χ0n) is 9.91. The van der Waals surface area contributed by atoms with E-state index in [2.05, 4.69) is 11.9 Å². The van der Waals surface area contributed by atoms with Gasteiger partial charge in [-0.15, -0.1) is 0 Å². The third-order valence-electron chi connectivity index (χ3n) is 2.08. The first-order valence-electron chi connectivity index (χ1n) is 4.93. The molecule has 0 saturated carbocycles. The number of rotatable bonds is 8. The lowest BCUT2D eigenvalue weighted by Gasteiger charge is -2.28. The number of halogens is 1. The molecule has 0 radical (unpaired) electrons. The molecule has 0 aromatic rings. The summed E-state index contributed by atoms with van der Waals surface area (Å²) in [6, 6.07) is 0. The van der Waals surface area contributed by atoms with Gasteiger partial charge in [0.1, 0.15) is 19.8 Å². The second-order valence-electron chi connectivity index (χ2n) is 3.90. The van der Waals surface area contributed by atoms with E-state index < -0.39 is 0 Å². The number of aliphatic hydroxyl groups excluding tert-OH is 1. The molecule has 0 rings (SSSR count). The van der Waals surface area contributed by atoms with E-state index in [4.69, 9.17) is 9.84 Å². The molecule has 0 heterocycles. The van der Waals surface area contributed by atoms with Gasteiger partial charge in [0.2, 0.25) is 5.91 Å². The highest BCUT2D eigenvalue weighted by Crippen LogP contribution is 1.94. The summed E-state index contributed by atoms with van der Waals surface area (Å²) in [6.07, 6.45) is 1.20. The number of ether oxygens (including phenoxy) is 1. The topological polar surface area (TPSA) is 58.6 Å². The van der Waals surface area contributed by atoms with Crippen LogP contribution in [0.2, 0.25) is 0 Å². The Morgan fingerprint density at radius 3 is 2.62 bits per heavy atom. The molecule has 2 N–H and O–H groups in total. The molecule has 16 heavy (non-hydrogen) atoms. The van der Waals surface area contributed by atoms with Crippen molar-refractivity contribution in [2.45, 2.75) is 0 Å². The number of aliphatic hydroxyl groups is 1. The lowest BCUT2D eigenvalue weighted by molar-refractivity contribution is -0.891. The first-order chi connectivity index (χ1) is 7.02. The predicted octanol–water partition coefficient (Wildman–Crippen LogP) is -3.66. The van der Waals surface area contributed by atoms with Crippen LogP contribution < -0.4 is 17.7 Å². The van der Waals surface area contributed by atoms with Crippen LogP contribution in [0.3, 0.4) is 0 Å². The van der Waals surface area contributed by atoms with E-state index in [1.807, 2.05) is 14.1 Å². The van der Waals surface area contributed by atoms with E-state index in [9.17, 15) is 4.79 Å². The van der Waals surface area contributed by atoms with Gasteiger partial charge in [0.05, 0.1) is 27.3 Å². The molecule has 0 bridgehead atoms. The van der Waals surface area contributed by atoms with Crippen molar-refractivity contribution in [3.05, 3.63) is 12.7 Å². The summed E-state index contributed by atoms with van der Waals surface area (Å²) in [4.78, 5) is 10.7. The number of nitrogens with zero attached hydrogens (tertiary/aromatic N) is 1. The molecule has 6 heteroatoms. The normalized spacial score (nSPS) is 10.4. The van der Waals surface area contributed by atoms with Gasteiger partial charge < -0.3 is 32.1 Å². The third kappa shape index (κ3) is 9.92. The number of quaternary nitrogens is 1. The molecular weight excluding hydrogens is 232 g/mol. The van der Waals surface area contributed by atoms with E-state index in [1.54, 1.807) is 0 Å². The molecule has 1 amide bonds. The number of nitrogens with one attached hydrogen (secondary N) is 1. The van der Waals surface area contributed by atoms with Gasteiger partial charge in [-0.3, -0.25) is 4.79 Å². The summed E-state index contributed by atoms with van der Waals surface area (Å²) in [6.45, 7) is 5.73. The predicted molar refractivity (Wildman–Crippen MR) is 58.1 cm³/mol. The van der Waals surface area contributed by atoms with Crippen LogP contribution in [-0.2, 0) is 9.53 Å². The van der Waals surface area contributed by atoms with Gasteiger partial charge in [0.15, 0.2) is 0 Å². The fourth-order valence-corrected chi connectivity index (χ4v) is 0.961. The average molecular weight is 253 g/mol. The fourth-order valence-electron chi connectivity index (χ4n) is 0.961. The molecule has 0 unspecified atom stereocenters. The van der Waals surface area contributed by atoms with Gasteiger partial charge in [0, 0.05) is 0 Å². The summed E-state index contributed by atoms with van der Waals surface area (Å²) in [5, 5.41) is 11.3. The standard InChI is InChI=1S/C10H20N2O3.ClH/c1-4-10(14)11-9-15-8-6-12(2,3)5-7-13;/h4,13H,1,5-9H2,2-3H3;1H. The molecule has 0 aromatic heterocycles. The maximum Gasteiger partial charge on any atom is 0.245 e. The van der Waals surface area contributed by atoms with Crippen molar-refractivity contribution in [1.82, 2.24) is 5.32 Å². The van der Waals surface area contributed by atoms with Crippen LogP contribution >= 0.6 is 0 Å². The second-order valence-corrected chi connectivity index (χ2v) is 3.90. The number of carbonyl (C=O) groups excluding carboxylic acids is 1. The van der Waals surface area contributed by atoms with Crippen molar-refractivity contribution in [3.8, 4) is 0 Å². The highest BCUT2D eigenvalue weighted by atomic mass is 35.5. The van der Waals surface area contributed by atoms with Crippen LogP contribution in [0.4, 0.5) is 0 Å². The Labute approximate surface area is 103 Å². The largest absolute Gasteiger partial charge is 1.00 e. The average Bonchev–Trinajstić information content (AvgIpc) is 2.16. The third-order valence-corrected chi connectivity index (χ3v) is 2.08. The summed E-state index contributed by atoms with van der Waals surface area (Å²) in [7, 11) is 4.03. The van der Waals surface area contributed by atoms with Crippen molar-refractivity contribution in [1.29, 1.82) is 0 Å². The number of hydrogen-bond donors (Lipinski definition) is 2. The van der Waals surface area contributed by atoms with Crippen molar-refractivity contribution in [2.24, 2.45) is 0 Å². The Bertz CT molecular complexity index is 210. The molecule has 0 aromatic carbocycles. The lowest BCUT2D eigenvalue weighted by atomic mass is 10.4. The smallest absolute Gasteiger partial charge is 0.245 e. The highest BCUT2D eigenvalue weighted by Gasteiger charge is 2.12. The molecule has 0 aliphatic heterocycles. The van der Waals surface area contributed by atoms with Gasteiger partial charge in [-0.2, -0.15) is 0 Å². The monoisotopic (exact) mass is 252 g/mol. The Balaban J connectivity index is 0. The van der Waals surface area contributed by atoms with E-state index in [0.717, 1.165) is 6.54 Å². The van der Waals surface area contributed by atoms with Gasteiger partial charge in [-0.25, -0.2) is 0 Å². The number of carbonyl (C=O) groups is 1. The maximum absolute atomic E-state index is 10.7. The van der Waals surface area contributed by atoms with Crippen LogP contribution in [0, 0.1) is 0 Å². The van der Waals surface area contributed by atoms with E-state index in [0.29, 0.717) is 17.6 Å².